The molecule has 0 unspecified atom stereocenters. The zero-order valence-corrected chi connectivity index (χ0v) is 23.6. The van der Waals surface area contributed by atoms with Gasteiger partial charge < -0.3 is 15.8 Å². The van der Waals surface area contributed by atoms with Crippen LogP contribution < -0.4 is 11.3 Å². The first kappa shape index (κ1) is 25.2. The number of nitrogens with two attached hydrogens (primary N) is 1. The molecule has 0 fully saturated rings. The number of amides is 1. The molecule has 0 atom stereocenters. The number of hydrogen-bond donors (Lipinski definition) is 3. The minimum atomic E-state index is -1.04. The van der Waals surface area contributed by atoms with Gasteiger partial charge in [0.25, 0.3) is 11.5 Å². The third-order valence-electron chi connectivity index (χ3n) is 7.16. The summed E-state index contributed by atoms with van der Waals surface area (Å²) in [5.41, 5.74) is 10.5. The van der Waals surface area contributed by atoms with E-state index in [0.717, 1.165) is 36.5 Å². The van der Waals surface area contributed by atoms with E-state index < -0.39 is 11.5 Å². The molecule has 3 aromatic heterocycles. The zero-order valence-electron chi connectivity index (χ0n) is 21.4. The van der Waals surface area contributed by atoms with Gasteiger partial charge in [-0.1, -0.05) is 30.3 Å². The van der Waals surface area contributed by atoms with Gasteiger partial charge in [-0.05, 0) is 78.8 Å². The Bertz CT molecular complexity index is 2040. The lowest BCUT2D eigenvalue weighted by Crippen LogP contribution is -2.20. The fourth-order valence-corrected chi connectivity index (χ4v) is 5.74. The summed E-state index contributed by atoms with van der Waals surface area (Å²) in [6.45, 7) is 5.38. The van der Waals surface area contributed by atoms with E-state index in [9.17, 15) is 14.7 Å². The Morgan fingerprint density at radius 1 is 1.08 bits per heavy atom. The summed E-state index contributed by atoms with van der Waals surface area (Å²) in [7, 11) is 0. The molecule has 194 valence electrons. The van der Waals surface area contributed by atoms with Crippen LogP contribution in [-0.2, 0) is 5.60 Å². The van der Waals surface area contributed by atoms with E-state index in [0.29, 0.717) is 27.8 Å². The third kappa shape index (κ3) is 4.00. The van der Waals surface area contributed by atoms with Gasteiger partial charge in [0.2, 0.25) is 0 Å². The van der Waals surface area contributed by atoms with Crippen LogP contribution in [0.2, 0.25) is 0 Å². The summed E-state index contributed by atoms with van der Waals surface area (Å²) < 4.78 is 2.46. The average molecular weight is 629 g/mol. The smallest absolute Gasteiger partial charge is 0.265 e. The van der Waals surface area contributed by atoms with Crippen molar-refractivity contribution >= 4 is 61.2 Å². The molecule has 0 spiro atoms. The summed E-state index contributed by atoms with van der Waals surface area (Å²) in [5, 5.41) is 12.7. The van der Waals surface area contributed by atoms with Crippen LogP contribution in [0.25, 0.3) is 49.7 Å². The second kappa shape index (κ2) is 8.99. The van der Waals surface area contributed by atoms with E-state index in [-0.39, 0.29) is 11.1 Å². The predicted molar refractivity (Wildman–Crippen MR) is 161 cm³/mol. The van der Waals surface area contributed by atoms with Gasteiger partial charge in [0.1, 0.15) is 6.33 Å². The normalized spacial score (nSPS) is 12.0. The minimum Gasteiger partial charge on any atom is -0.386 e. The van der Waals surface area contributed by atoms with E-state index in [2.05, 4.69) is 32.6 Å². The molecule has 3 heterocycles. The Morgan fingerprint density at radius 2 is 1.85 bits per heavy atom. The second-order valence-corrected chi connectivity index (χ2v) is 11.2. The number of benzene rings is 3. The summed E-state index contributed by atoms with van der Waals surface area (Å²) in [5.74, 6) is -0.595. The van der Waals surface area contributed by atoms with Crippen LogP contribution in [0.5, 0.6) is 0 Å². The maximum atomic E-state index is 13.5. The third-order valence-corrected chi connectivity index (χ3v) is 8.03. The average Bonchev–Trinajstić information content (AvgIpc) is 3.28. The Labute approximate surface area is 236 Å². The summed E-state index contributed by atoms with van der Waals surface area (Å²) in [6.07, 6.45) is 3.03. The van der Waals surface area contributed by atoms with Crippen molar-refractivity contribution < 1.29 is 9.90 Å². The molecule has 0 aliphatic rings. The number of nitrogens with one attached hydrogen (secondary N) is 1. The van der Waals surface area contributed by atoms with Crippen LogP contribution in [0.4, 0.5) is 0 Å². The number of hydrogen-bond acceptors (Lipinski definition) is 5. The molecule has 9 heteroatoms. The lowest BCUT2D eigenvalue weighted by Gasteiger charge is -2.17. The number of pyridine rings is 1. The van der Waals surface area contributed by atoms with Crippen LogP contribution in [0.3, 0.4) is 0 Å². The van der Waals surface area contributed by atoms with Gasteiger partial charge in [-0.25, -0.2) is 4.98 Å². The van der Waals surface area contributed by atoms with Crippen molar-refractivity contribution in [3.63, 3.8) is 0 Å². The first-order valence-corrected chi connectivity index (χ1v) is 13.4. The van der Waals surface area contributed by atoms with Crippen molar-refractivity contribution in [2.45, 2.75) is 26.4 Å². The molecule has 0 bridgehead atoms. The fourth-order valence-electron chi connectivity index (χ4n) is 5.10. The largest absolute Gasteiger partial charge is 0.386 e. The number of H-pyrrole nitrogens is 1. The quantitative estimate of drug-likeness (QED) is 0.228. The summed E-state index contributed by atoms with van der Waals surface area (Å²) in [4.78, 5) is 38.4. The molecule has 4 N–H and O–H groups in total. The predicted octanol–water partition coefficient (Wildman–Crippen LogP) is 5.32. The lowest BCUT2D eigenvalue weighted by atomic mass is 9.95. The van der Waals surface area contributed by atoms with Gasteiger partial charge in [0.15, 0.2) is 0 Å². The van der Waals surface area contributed by atoms with E-state index in [1.54, 1.807) is 30.8 Å². The highest BCUT2D eigenvalue weighted by Crippen LogP contribution is 2.38. The van der Waals surface area contributed by atoms with Crippen LogP contribution >= 0.6 is 22.6 Å². The molecular formula is C30H24IN5O3. The fraction of sp³-hybridized carbons (Fsp3) is 0.133. The molecule has 3 aromatic carbocycles. The molecule has 6 aromatic rings. The Morgan fingerprint density at radius 3 is 2.59 bits per heavy atom. The van der Waals surface area contributed by atoms with Crippen molar-refractivity contribution in [1.82, 2.24) is 19.5 Å². The molecule has 8 nitrogen and oxygen atoms in total. The molecule has 0 radical (unpaired) electrons. The van der Waals surface area contributed by atoms with Crippen molar-refractivity contribution in [2.24, 2.45) is 5.73 Å². The molecule has 0 saturated carbocycles. The van der Waals surface area contributed by atoms with Gasteiger partial charge in [0.05, 0.1) is 39.0 Å². The summed E-state index contributed by atoms with van der Waals surface area (Å²) in [6, 6.07) is 16.9. The molecule has 0 aliphatic carbocycles. The number of aliphatic hydroxyl groups is 1. The maximum absolute atomic E-state index is 13.5. The number of halogens is 1. The maximum Gasteiger partial charge on any atom is 0.265 e. The number of primary amides is 1. The van der Waals surface area contributed by atoms with E-state index in [1.165, 1.54) is 6.20 Å². The number of fused-ring (bicyclic) bond motifs is 4. The number of aromatic nitrogens is 4. The number of rotatable bonds is 4. The Kier molecular flexibility index (Phi) is 5.81. The molecule has 0 saturated heterocycles. The molecule has 6 rings (SSSR count). The number of nitrogens with zero attached hydrogens (tertiary/aromatic N) is 3. The first-order valence-electron chi connectivity index (χ1n) is 12.3. The number of aromatic amines is 1. The SMILES string of the molecule is Cc1c(-c2ncc(C(N)=O)c3[nH]c4cc(C(C)(C)O)ccc4c23)cccc1-n1cnc2c(I)cccc2c1=O. The van der Waals surface area contributed by atoms with Crippen molar-refractivity contribution in [2.75, 3.05) is 0 Å². The van der Waals surface area contributed by atoms with Crippen LogP contribution in [-0.4, -0.2) is 30.5 Å². The van der Waals surface area contributed by atoms with Gasteiger partial charge in [-0.2, -0.15) is 0 Å². The van der Waals surface area contributed by atoms with Crippen LogP contribution in [0.1, 0.15) is 35.3 Å². The lowest BCUT2D eigenvalue weighted by molar-refractivity contribution is 0.0787. The molecule has 1 amide bonds. The highest BCUT2D eigenvalue weighted by atomic mass is 127. The number of carbonyl (C=O) groups is 1. The van der Waals surface area contributed by atoms with Gasteiger partial charge in [0, 0.05) is 31.6 Å². The van der Waals surface area contributed by atoms with Crippen LogP contribution in [0.15, 0.2) is 71.9 Å². The van der Waals surface area contributed by atoms with Crippen molar-refractivity contribution in [3.05, 3.63) is 97.7 Å². The second-order valence-electron chi connectivity index (χ2n) is 10.1. The van der Waals surface area contributed by atoms with Crippen molar-refractivity contribution in [3.8, 4) is 16.9 Å². The number of carbonyl (C=O) groups excluding carboxylic acids is 1. The van der Waals surface area contributed by atoms with Gasteiger partial charge >= 0.3 is 0 Å². The van der Waals surface area contributed by atoms with Gasteiger partial charge in [-0.3, -0.25) is 19.1 Å². The van der Waals surface area contributed by atoms with Gasteiger partial charge in [-0.15, -0.1) is 0 Å². The molecule has 39 heavy (non-hydrogen) atoms. The highest BCUT2D eigenvalue weighted by Gasteiger charge is 2.22. The summed E-state index contributed by atoms with van der Waals surface area (Å²) >= 11 is 2.18. The van der Waals surface area contributed by atoms with E-state index in [1.807, 2.05) is 55.5 Å². The molecular weight excluding hydrogens is 605 g/mol. The molecule has 0 aliphatic heterocycles. The standard InChI is InChI=1S/C30H24IN5O3/c1-15-17(6-5-9-23(15)36-14-34-25-19(29(36)38)7-4-8-21(25)31)26-24-18-11-10-16(30(2,3)39)12-22(18)35-27(24)20(13-33-26)28(32)37/h4-14,35,39H,1-3H3,(H2,32,37). The number of para-hydroxylation sites is 1. The van der Waals surface area contributed by atoms with Crippen LogP contribution in [0, 0.1) is 10.5 Å². The highest BCUT2D eigenvalue weighted by molar-refractivity contribution is 14.1. The topological polar surface area (TPSA) is 127 Å². The Hall–Kier alpha value is -4.09. The van der Waals surface area contributed by atoms with E-state index in [4.69, 9.17) is 10.7 Å². The first-order chi connectivity index (χ1) is 18.6. The Balaban J connectivity index is 1.63. The minimum absolute atomic E-state index is 0.160. The monoisotopic (exact) mass is 629 g/mol. The zero-order chi connectivity index (χ0) is 27.6. The van der Waals surface area contributed by atoms with E-state index >= 15 is 0 Å². The van der Waals surface area contributed by atoms with Crippen molar-refractivity contribution in [1.29, 1.82) is 0 Å².